The quantitative estimate of drug-likeness (QED) is 0.657. The maximum Gasteiger partial charge on any atom is 0.0683 e. The molecular formula is C17H32O. The van der Waals surface area contributed by atoms with Crippen molar-refractivity contribution in [2.75, 3.05) is 6.61 Å². The lowest BCUT2D eigenvalue weighted by molar-refractivity contribution is -0.172. The summed E-state index contributed by atoms with van der Waals surface area (Å²) in [7, 11) is 0. The molecule has 1 nitrogen and oxygen atoms in total. The molecule has 2 bridgehead atoms. The smallest absolute Gasteiger partial charge is 0.0683 e. The van der Waals surface area contributed by atoms with Crippen molar-refractivity contribution in [1.29, 1.82) is 0 Å². The van der Waals surface area contributed by atoms with Crippen LogP contribution in [0.25, 0.3) is 0 Å². The van der Waals surface area contributed by atoms with Gasteiger partial charge in [0.2, 0.25) is 0 Å². The van der Waals surface area contributed by atoms with Crippen LogP contribution in [-0.4, -0.2) is 12.2 Å². The molecule has 0 aromatic carbocycles. The van der Waals surface area contributed by atoms with Crippen molar-refractivity contribution in [2.24, 2.45) is 16.2 Å². The van der Waals surface area contributed by atoms with Crippen LogP contribution in [0.3, 0.4) is 0 Å². The zero-order chi connectivity index (χ0) is 13.7. The summed E-state index contributed by atoms with van der Waals surface area (Å²) in [4.78, 5) is 0. The van der Waals surface area contributed by atoms with Crippen LogP contribution in [0.2, 0.25) is 0 Å². The van der Waals surface area contributed by atoms with Gasteiger partial charge in [0.15, 0.2) is 0 Å². The fraction of sp³-hybridized carbons (Fsp3) is 1.00. The largest absolute Gasteiger partial charge is 0.374 e. The molecule has 0 saturated heterocycles. The highest BCUT2D eigenvalue weighted by molar-refractivity contribution is 5.05. The lowest BCUT2D eigenvalue weighted by Gasteiger charge is -2.58. The summed E-state index contributed by atoms with van der Waals surface area (Å²) in [6.07, 6.45) is 8.00. The Hall–Kier alpha value is -0.0400. The summed E-state index contributed by atoms with van der Waals surface area (Å²) in [5, 5.41) is 0. The van der Waals surface area contributed by atoms with Crippen LogP contribution in [0.1, 0.15) is 80.1 Å². The van der Waals surface area contributed by atoms with Gasteiger partial charge < -0.3 is 4.74 Å². The Morgan fingerprint density at radius 2 is 1.22 bits per heavy atom. The molecule has 3 fully saturated rings. The van der Waals surface area contributed by atoms with E-state index in [-0.39, 0.29) is 5.60 Å². The van der Waals surface area contributed by atoms with Gasteiger partial charge in [0, 0.05) is 0 Å². The minimum atomic E-state index is 0.236. The van der Waals surface area contributed by atoms with Gasteiger partial charge in [-0.05, 0) is 54.8 Å². The monoisotopic (exact) mass is 252 g/mol. The summed E-state index contributed by atoms with van der Waals surface area (Å²) < 4.78 is 6.38. The second-order valence-corrected chi connectivity index (χ2v) is 9.06. The minimum absolute atomic E-state index is 0.236. The molecule has 0 aromatic heterocycles. The molecule has 0 aromatic rings. The van der Waals surface area contributed by atoms with Gasteiger partial charge in [-0.1, -0.05) is 41.5 Å². The minimum Gasteiger partial charge on any atom is -0.374 e. The predicted molar refractivity (Wildman–Crippen MR) is 77.7 cm³/mol. The standard InChI is InChI=1S/C17H32O/c1-14(2,3)13-18-17-10-7-16(8-11-17,9-12-17)15(4,5)6/h7-13H2,1-6H3/t16-,17+. The van der Waals surface area contributed by atoms with Crippen molar-refractivity contribution in [3.8, 4) is 0 Å². The van der Waals surface area contributed by atoms with Crippen LogP contribution in [-0.2, 0) is 4.74 Å². The van der Waals surface area contributed by atoms with E-state index in [1.165, 1.54) is 38.5 Å². The maximum absolute atomic E-state index is 6.38. The zero-order valence-electron chi connectivity index (χ0n) is 13.4. The Morgan fingerprint density at radius 1 is 0.778 bits per heavy atom. The third-order valence-electron chi connectivity index (χ3n) is 5.58. The SMILES string of the molecule is CC(C)(C)CO[C@]12CC[C@](C(C)(C)C)(CC1)CC2. The Labute approximate surface area is 114 Å². The molecule has 106 valence electrons. The molecule has 0 spiro atoms. The van der Waals surface area contributed by atoms with E-state index in [9.17, 15) is 0 Å². The lowest BCUT2D eigenvalue weighted by atomic mass is 9.50. The fourth-order valence-corrected chi connectivity index (χ4v) is 3.86. The van der Waals surface area contributed by atoms with Crippen molar-refractivity contribution in [3.63, 3.8) is 0 Å². The fourth-order valence-electron chi connectivity index (χ4n) is 3.86. The number of rotatable bonds is 2. The molecule has 3 saturated carbocycles. The van der Waals surface area contributed by atoms with Crippen LogP contribution in [0.15, 0.2) is 0 Å². The molecule has 0 heterocycles. The molecule has 0 N–H and O–H groups in total. The average Bonchev–Trinajstić information content (AvgIpc) is 2.27. The Balaban J connectivity index is 2.00. The summed E-state index contributed by atoms with van der Waals surface area (Å²) in [6, 6.07) is 0. The molecular weight excluding hydrogens is 220 g/mol. The van der Waals surface area contributed by atoms with E-state index in [0.29, 0.717) is 16.2 Å². The van der Waals surface area contributed by atoms with E-state index in [0.717, 1.165) is 6.61 Å². The molecule has 3 aliphatic rings. The average molecular weight is 252 g/mol. The summed E-state index contributed by atoms with van der Waals surface area (Å²) in [6.45, 7) is 15.0. The lowest BCUT2D eigenvalue weighted by Crippen LogP contribution is -2.53. The van der Waals surface area contributed by atoms with E-state index < -0.39 is 0 Å². The molecule has 0 unspecified atom stereocenters. The Kier molecular flexibility index (Phi) is 3.38. The van der Waals surface area contributed by atoms with Crippen LogP contribution in [0.5, 0.6) is 0 Å². The first-order valence-corrected chi connectivity index (χ1v) is 7.72. The topological polar surface area (TPSA) is 9.23 Å². The third-order valence-corrected chi connectivity index (χ3v) is 5.58. The zero-order valence-corrected chi connectivity index (χ0v) is 13.4. The van der Waals surface area contributed by atoms with Gasteiger partial charge >= 0.3 is 0 Å². The van der Waals surface area contributed by atoms with E-state index in [4.69, 9.17) is 4.74 Å². The number of fused-ring (bicyclic) bond motifs is 3. The van der Waals surface area contributed by atoms with E-state index >= 15 is 0 Å². The molecule has 0 radical (unpaired) electrons. The van der Waals surface area contributed by atoms with Crippen LogP contribution in [0, 0.1) is 16.2 Å². The molecule has 0 aliphatic heterocycles. The summed E-state index contributed by atoms with van der Waals surface area (Å²) in [5.74, 6) is 0. The Bertz CT molecular complexity index is 278. The number of hydrogen-bond acceptors (Lipinski definition) is 1. The van der Waals surface area contributed by atoms with Crippen molar-refractivity contribution in [1.82, 2.24) is 0 Å². The normalized spacial score (nSPS) is 37.0. The molecule has 1 heteroatoms. The number of ether oxygens (including phenoxy) is 1. The summed E-state index contributed by atoms with van der Waals surface area (Å²) >= 11 is 0. The third kappa shape index (κ3) is 2.61. The molecule has 0 atom stereocenters. The van der Waals surface area contributed by atoms with Crippen molar-refractivity contribution in [3.05, 3.63) is 0 Å². The second kappa shape index (κ2) is 4.23. The van der Waals surface area contributed by atoms with Gasteiger partial charge in [0.05, 0.1) is 12.2 Å². The van der Waals surface area contributed by atoms with Gasteiger partial charge in [-0.2, -0.15) is 0 Å². The molecule has 3 aliphatic carbocycles. The van der Waals surface area contributed by atoms with E-state index in [1.54, 1.807) is 0 Å². The molecule has 0 amide bonds. The second-order valence-electron chi connectivity index (χ2n) is 9.06. The van der Waals surface area contributed by atoms with Crippen molar-refractivity contribution >= 4 is 0 Å². The van der Waals surface area contributed by atoms with E-state index in [1.807, 2.05) is 0 Å². The van der Waals surface area contributed by atoms with Crippen molar-refractivity contribution < 1.29 is 4.74 Å². The first-order chi connectivity index (χ1) is 8.08. The number of hydrogen-bond donors (Lipinski definition) is 0. The highest BCUT2D eigenvalue weighted by Gasteiger charge is 2.54. The van der Waals surface area contributed by atoms with Gasteiger partial charge in [-0.25, -0.2) is 0 Å². The maximum atomic E-state index is 6.38. The highest BCUT2D eigenvalue weighted by atomic mass is 16.5. The first-order valence-electron chi connectivity index (χ1n) is 7.72. The van der Waals surface area contributed by atoms with Gasteiger partial charge in [0.25, 0.3) is 0 Å². The molecule has 3 rings (SSSR count). The van der Waals surface area contributed by atoms with Crippen LogP contribution in [0.4, 0.5) is 0 Å². The summed E-state index contributed by atoms with van der Waals surface area (Å²) in [5.41, 5.74) is 1.59. The predicted octanol–water partition coefficient (Wildman–Crippen LogP) is 5.19. The van der Waals surface area contributed by atoms with Gasteiger partial charge in [-0.15, -0.1) is 0 Å². The first kappa shape index (κ1) is 14.4. The van der Waals surface area contributed by atoms with E-state index in [2.05, 4.69) is 41.5 Å². The van der Waals surface area contributed by atoms with Crippen LogP contribution < -0.4 is 0 Å². The van der Waals surface area contributed by atoms with Crippen molar-refractivity contribution in [2.45, 2.75) is 85.7 Å². The highest BCUT2D eigenvalue weighted by Crippen LogP contribution is 2.61. The van der Waals surface area contributed by atoms with Gasteiger partial charge in [0.1, 0.15) is 0 Å². The van der Waals surface area contributed by atoms with Gasteiger partial charge in [-0.3, -0.25) is 0 Å². The Morgan fingerprint density at radius 3 is 1.56 bits per heavy atom. The van der Waals surface area contributed by atoms with Crippen LogP contribution >= 0.6 is 0 Å². The molecule has 18 heavy (non-hydrogen) atoms.